The van der Waals surface area contributed by atoms with Gasteiger partial charge in [-0.25, -0.2) is 4.98 Å². The molecule has 1 saturated heterocycles. The van der Waals surface area contributed by atoms with Crippen LogP contribution in [0.2, 0.25) is 0 Å². The zero-order valence-electron chi connectivity index (χ0n) is 8.55. The largest absolute Gasteiger partial charge is 0.504 e. The minimum absolute atomic E-state index is 0.0763. The molecule has 16 heavy (non-hydrogen) atoms. The van der Waals surface area contributed by atoms with Crippen molar-refractivity contribution in [3.05, 3.63) is 18.3 Å². The van der Waals surface area contributed by atoms with Gasteiger partial charge in [0.05, 0.1) is 19.8 Å². The predicted molar refractivity (Wildman–Crippen MR) is 55.1 cm³/mol. The monoisotopic (exact) mass is 224 g/mol. The standard InChI is InChI=1S/C10H12N2O4/c13-7-2-1-3-11-9(7)12-10(14)8-6-15-4-5-16-8/h1-3,8,13H,4-6H2,(H,11,12,14). The maximum Gasteiger partial charge on any atom is 0.257 e. The molecule has 86 valence electrons. The number of aromatic nitrogens is 1. The summed E-state index contributed by atoms with van der Waals surface area (Å²) in [5, 5.41) is 11.9. The molecule has 2 heterocycles. The smallest absolute Gasteiger partial charge is 0.257 e. The van der Waals surface area contributed by atoms with Gasteiger partial charge in [0.25, 0.3) is 5.91 Å². The van der Waals surface area contributed by atoms with Crippen LogP contribution in [0.4, 0.5) is 5.82 Å². The molecule has 0 radical (unpaired) electrons. The van der Waals surface area contributed by atoms with Crippen LogP contribution in [0, 0.1) is 0 Å². The average Bonchev–Trinajstić information content (AvgIpc) is 2.33. The lowest BCUT2D eigenvalue weighted by molar-refractivity contribution is -0.142. The summed E-state index contributed by atoms with van der Waals surface area (Å²) in [5.74, 6) is -0.317. The molecule has 0 aliphatic carbocycles. The van der Waals surface area contributed by atoms with Gasteiger partial charge >= 0.3 is 0 Å². The van der Waals surface area contributed by atoms with Crippen molar-refractivity contribution >= 4 is 11.7 Å². The molecule has 2 rings (SSSR count). The number of hydrogen-bond donors (Lipinski definition) is 2. The van der Waals surface area contributed by atoms with Crippen molar-refractivity contribution in [1.29, 1.82) is 0 Å². The number of hydrogen-bond acceptors (Lipinski definition) is 5. The van der Waals surface area contributed by atoms with Gasteiger partial charge < -0.3 is 19.9 Å². The third-order valence-corrected chi connectivity index (χ3v) is 2.14. The summed E-state index contributed by atoms with van der Waals surface area (Å²) in [6, 6.07) is 3.02. The SMILES string of the molecule is O=C(Nc1ncccc1O)C1COCCO1. The van der Waals surface area contributed by atoms with Crippen molar-refractivity contribution in [2.45, 2.75) is 6.10 Å². The van der Waals surface area contributed by atoms with Crippen molar-refractivity contribution in [3.8, 4) is 5.75 Å². The van der Waals surface area contributed by atoms with Gasteiger partial charge in [0, 0.05) is 6.20 Å². The molecule has 1 aliphatic heterocycles. The highest BCUT2D eigenvalue weighted by Gasteiger charge is 2.23. The van der Waals surface area contributed by atoms with E-state index >= 15 is 0 Å². The Morgan fingerprint density at radius 2 is 2.44 bits per heavy atom. The van der Waals surface area contributed by atoms with Crippen molar-refractivity contribution in [2.24, 2.45) is 0 Å². The minimum Gasteiger partial charge on any atom is -0.504 e. The van der Waals surface area contributed by atoms with E-state index in [1.165, 1.54) is 12.3 Å². The molecule has 0 bridgehead atoms. The molecule has 1 aromatic heterocycles. The Morgan fingerprint density at radius 1 is 1.56 bits per heavy atom. The van der Waals surface area contributed by atoms with E-state index < -0.39 is 6.10 Å². The van der Waals surface area contributed by atoms with Gasteiger partial charge in [0.2, 0.25) is 0 Å². The maximum atomic E-state index is 11.7. The van der Waals surface area contributed by atoms with E-state index in [0.717, 1.165) is 0 Å². The first-order valence-electron chi connectivity index (χ1n) is 4.91. The summed E-state index contributed by atoms with van der Waals surface area (Å²) < 4.78 is 10.3. The van der Waals surface area contributed by atoms with Gasteiger partial charge in [-0.1, -0.05) is 0 Å². The van der Waals surface area contributed by atoms with Crippen LogP contribution in [0.3, 0.4) is 0 Å². The summed E-state index contributed by atoms with van der Waals surface area (Å²) in [5.41, 5.74) is 0. The lowest BCUT2D eigenvalue weighted by Crippen LogP contribution is -2.39. The number of ether oxygens (including phenoxy) is 2. The van der Waals surface area contributed by atoms with E-state index in [1.54, 1.807) is 6.07 Å². The van der Waals surface area contributed by atoms with E-state index in [1.807, 2.05) is 0 Å². The molecule has 1 aliphatic rings. The number of aromatic hydroxyl groups is 1. The Kier molecular flexibility index (Phi) is 3.33. The molecule has 1 unspecified atom stereocenters. The number of rotatable bonds is 2. The second-order valence-electron chi connectivity index (χ2n) is 3.29. The fraction of sp³-hybridized carbons (Fsp3) is 0.400. The molecule has 6 nitrogen and oxygen atoms in total. The summed E-state index contributed by atoms with van der Waals surface area (Å²) in [6.45, 7) is 1.12. The lowest BCUT2D eigenvalue weighted by Gasteiger charge is -2.21. The Bertz CT molecular complexity index is 377. The molecule has 1 fully saturated rings. The zero-order chi connectivity index (χ0) is 11.4. The highest BCUT2D eigenvalue weighted by Crippen LogP contribution is 2.18. The number of anilines is 1. The summed E-state index contributed by atoms with van der Waals surface area (Å²) in [6.07, 6.45) is 0.836. The fourth-order valence-electron chi connectivity index (χ4n) is 1.33. The van der Waals surface area contributed by atoms with E-state index in [0.29, 0.717) is 13.2 Å². The number of carbonyl (C=O) groups excluding carboxylic acids is 1. The highest BCUT2D eigenvalue weighted by molar-refractivity contribution is 5.94. The van der Waals surface area contributed by atoms with Crippen LogP contribution in [0.1, 0.15) is 0 Å². The minimum atomic E-state index is -0.643. The van der Waals surface area contributed by atoms with Gasteiger partial charge in [-0.15, -0.1) is 0 Å². The molecule has 1 atom stereocenters. The van der Waals surface area contributed by atoms with Crippen molar-refractivity contribution in [3.63, 3.8) is 0 Å². The Morgan fingerprint density at radius 3 is 3.12 bits per heavy atom. The Balaban J connectivity index is 1.99. The van der Waals surface area contributed by atoms with E-state index in [-0.39, 0.29) is 24.1 Å². The Labute approximate surface area is 92.2 Å². The second-order valence-corrected chi connectivity index (χ2v) is 3.29. The first-order chi connectivity index (χ1) is 7.77. The van der Waals surface area contributed by atoms with Crippen LogP contribution in [0.25, 0.3) is 0 Å². The first kappa shape index (κ1) is 10.8. The third kappa shape index (κ3) is 2.47. The molecular formula is C10H12N2O4. The summed E-state index contributed by atoms with van der Waals surface area (Å²) in [7, 11) is 0. The number of nitrogens with zero attached hydrogens (tertiary/aromatic N) is 1. The van der Waals surface area contributed by atoms with Crippen LogP contribution in [-0.2, 0) is 14.3 Å². The number of pyridine rings is 1. The number of nitrogens with one attached hydrogen (secondary N) is 1. The maximum absolute atomic E-state index is 11.7. The summed E-state index contributed by atoms with van der Waals surface area (Å²) >= 11 is 0. The first-order valence-corrected chi connectivity index (χ1v) is 4.91. The van der Waals surface area contributed by atoms with Crippen molar-refractivity contribution in [1.82, 2.24) is 4.98 Å². The van der Waals surface area contributed by atoms with Gasteiger partial charge in [-0.05, 0) is 12.1 Å². The zero-order valence-corrected chi connectivity index (χ0v) is 8.55. The van der Waals surface area contributed by atoms with Gasteiger partial charge in [0.15, 0.2) is 17.7 Å². The third-order valence-electron chi connectivity index (χ3n) is 2.14. The van der Waals surface area contributed by atoms with Crippen LogP contribution < -0.4 is 5.32 Å². The molecule has 2 N–H and O–H groups in total. The van der Waals surface area contributed by atoms with Crippen molar-refractivity contribution < 1.29 is 19.4 Å². The van der Waals surface area contributed by atoms with Crippen LogP contribution in [0.5, 0.6) is 5.75 Å². The average molecular weight is 224 g/mol. The molecule has 0 spiro atoms. The van der Waals surface area contributed by atoms with Crippen molar-refractivity contribution in [2.75, 3.05) is 25.1 Å². The Hall–Kier alpha value is -1.66. The lowest BCUT2D eigenvalue weighted by atomic mass is 10.3. The van der Waals surface area contributed by atoms with E-state index in [4.69, 9.17) is 9.47 Å². The quantitative estimate of drug-likeness (QED) is 0.747. The second kappa shape index (κ2) is 4.91. The van der Waals surface area contributed by atoms with Crippen LogP contribution in [-0.4, -0.2) is 41.9 Å². The van der Waals surface area contributed by atoms with E-state index in [2.05, 4.69) is 10.3 Å². The number of amides is 1. The normalized spacial score (nSPS) is 20.4. The predicted octanol–water partition coefficient (Wildman–Crippen LogP) is 0.141. The van der Waals surface area contributed by atoms with Crippen LogP contribution >= 0.6 is 0 Å². The molecule has 1 aromatic rings. The van der Waals surface area contributed by atoms with E-state index in [9.17, 15) is 9.90 Å². The fourth-order valence-corrected chi connectivity index (χ4v) is 1.33. The van der Waals surface area contributed by atoms with Gasteiger partial charge in [-0.3, -0.25) is 4.79 Å². The number of carbonyl (C=O) groups is 1. The summed E-state index contributed by atoms with van der Waals surface area (Å²) in [4.78, 5) is 15.5. The topological polar surface area (TPSA) is 80.7 Å². The molecule has 1 amide bonds. The van der Waals surface area contributed by atoms with Crippen LogP contribution in [0.15, 0.2) is 18.3 Å². The molecule has 6 heteroatoms. The molecule has 0 aromatic carbocycles. The molecular weight excluding hydrogens is 212 g/mol. The molecule has 0 saturated carbocycles. The van der Waals surface area contributed by atoms with Gasteiger partial charge in [0.1, 0.15) is 0 Å². The highest BCUT2D eigenvalue weighted by atomic mass is 16.6. The van der Waals surface area contributed by atoms with Gasteiger partial charge in [-0.2, -0.15) is 0 Å².